The Balaban J connectivity index is 1.38. The molecule has 3 aliphatic rings. The number of oxazole rings is 1. The van der Waals surface area contributed by atoms with Crippen molar-refractivity contribution >= 4 is 29.3 Å². The summed E-state index contributed by atoms with van der Waals surface area (Å²) in [6.45, 7) is 3.33. The molecule has 1 aromatic heterocycles. The maximum Gasteiger partial charge on any atom is 0.261 e. The number of amides is 1. The van der Waals surface area contributed by atoms with Crippen molar-refractivity contribution in [3.63, 3.8) is 0 Å². The Morgan fingerprint density at radius 1 is 1.29 bits per heavy atom. The summed E-state index contributed by atoms with van der Waals surface area (Å²) in [6.07, 6.45) is 3.86. The van der Waals surface area contributed by atoms with Crippen LogP contribution in [0.3, 0.4) is 0 Å². The fourth-order valence-electron chi connectivity index (χ4n) is 3.44. The molecule has 0 aliphatic carbocycles. The number of nitrogens with zero attached hydrogens (tertiary/aromatic N) is 2. The van der Waals surface area contributed by atoms with Gasteiger partial charge in [-0.3, -0.25) is 4.79 Å². The van der Waals surface area contributed by atoms with Gasteiger partial charge in [0.2, 0.25) is 5.22 Å². The zero-order chi connectivity index (χ0) is 16.5. The summed E-state index contributed by atoms with van der Waals surface area (Å²) >= 11 is 7.09. The minimum atomic E-state index is 0.00414. The number of halogens is 1. The maximum absolute atomic E-state index is 12.5. The molecule has 0 radical (unpaired) electrons. The zero-order valence-corrected chi connectivity index (χ0v) is 14.6. The third kappa shape index (κ3) is 3.45. The van der Waals surface area contributed by atoms with E-state index in [-0.39, 0.29) is 17.2 Å². The van der Waals surface area contributed by atoms with E-state index in [0.29, 0.717) is 16.7 Å². The average Bonchev–Trinajstić information content (AvgIpc) is 3.01. The van der Waals surface area contributed by atoms with Crippen LogP contribution in [0.2, 0.25) is 5.22 Å². The van der Waals surface area contributed by atoms with Gasteiger partial charge in [-0.05, 0) is 79.5 Å². The molecule has 24 heavy (non-hydrogen) atoms. The standard InChI is InChI=1S/C17H18ClN3O2S/c18-15-9-19-17(23-15)24-13-3-1-12(2-4-13)16(22)20-14-10-21-7-5-11(14)6-8-21/h1-4,9,11,14H,5-8,10H2,(H,20,22)/t14-/m0/s1. The second-order valence-corrected chi connectivity index (χ2v) is 7.67. The van der Waals surface area contributed by atoms with Gasteiger partial charge in [0, 0.05) is 23.0 Å². The second-order valence-electron chi connectivity index (χ2n) is 6.27. The van der Waals surface area contributed by atoms with E-state index in [9.17, 15) is 4.79 Å². The minimum Gasteiger partial charge on any atom is -0.419 e. The lowest BCUT2D eigenvalue weighted by Gasteiger charge is -2.44. The lowest BCUT2D eigenvalue weighted by molar-refractivity contribution is 0.0620. The first-order valence-electron chi connectivity index (χ1n) is 8.10. The van der Waals surface area contributed by atoms with Gasteiger partial charge < -0.3 is 14.6 Å². The molecule has 7 heteroatoms. The van der Waals surface area contributed by atoms with Crippen molar-refractivity contribution in [2.45, 2.75) is 29.0 Å². The number of carbonyl (C=O) groups excluding carboxylic acids is 1. The van der Waals surface area contributed by atoms with Crippen molar-refractivity contribution in [2.24, 2.45) is 5.92 Å². The van der Waals surface area contributed by atoms with Gasteiger partial charge in [-0.2, -0.15) is 0 Å². The molecule has 0 spiro atoms. The van der Waals surface area contributed by atoms with Crippen LogP contribution in [0.15, 0.2) is 45.0 Å². The van der Waals surface area contributed by atoms with E-state index in [1.54, 1.807) is 0 Å². The summed E-state index contributed by atoms with van der Waals surface area (Å²) in [5, 5.41) is 3.96. The molecule has 1 aromatic carbocycles. The maximum atomic E-state index is 12.5. The van der Waals surface area contributed by atoms with Crippen molar-refractivity contribution in [1.29, 1.82) is 0 Å². The van der Waals surface area contributed by atoms with Crippen LogP contribution in [-0.2, 0) is 0 Å². The molecule has 5 rings (SSSR count). The van der Waals surface area contributed by atoms with Gasteiger partial charge in [-0.25, -0.2) is 4.98 Å². The Kier molecular flexibility index (Phi) is 4.52. The van der Waals surface area contributed by atoms with Gasteiger partial charge >= 0.3 is 0 Å². The van der Waals surface area contributed by atoms with E-state index in [1.807, 2.05) is 24.3 Å². The van der Waals surface area contributed by atoms with Crippen molar-refractivity contribution < 1.29 is 9.21 Å². The summed E-state index contributed by atoms with van der Waals surface area (Å²) in [5.41, 5.74) is 0.682. The molecular weight excluding hydrogens is 346 g/mol. The second kappa shape index (κ2) is 6.78. The number of hydrogen-bond acceptors (Lipinski definition) is 5. The minimum absolute atomic E-state index is 0.00414. The van der Waals surface area contributed by atoms with Crippen LogP contribution in [0.1, 0.15) is 23.2 Å². The van der Waals surface area contributed by atoms with E-state index in [2.05, 4.69) is 15.2 Å². The molecular formula is C17H18ClN3O2S. The third-order valence-electron chi connectivity index (χ3n) is 4.75. The predicted molar refractivity (Wildman–Crippen MR) is 92.5 cm³/mol. The van der Waals surface area contributed by atoms with E-state index in [1.165, 1.54) is 43.9 Å². The average molecular weight is 364 g/mol. The lowest BCUT2D eigenvalue weighted by atomic mass is 9.84. The third-order valence-corrected chi connectivity index (χ3v) is 5.80. The highest BCUT2D eigenvalue weighted by atomic mass is 35.5. The number of aromatic nitrogens is 1. The molecule has 5 nitrogen and oxygen atoms in total. The number of hydrogen-bond donors (Lipinski definition) is 1. The van der Waals surface area contributed by atoms with Crippen LogP contribution in [0, 0.1) is 5.92 Å². The monoisotopic (exact) mass is 363 g/mol. The Hall–Kier alpha value is -1.50. The van der Waals surface area contributed by atoms with Crippen molar-refractivity contribution in [3.05, 3.63) is 41.2 Å². The molecule has 1 N–H and O–H groups in total. The van der Waals surface area contributed by atoms with Crippen molar-refractivity contribution in [2.75, 3.05) is 19.6 Å². The Morgan fingerprint density at radius 2 is 2.04 bits per heavy atom. The van der Waals surface area contributed by atoms with Crippen LogP contribution < -0.4 is 5.32 Å². The Labute approximate surface area is 149 Å². The number of benzene rings is 1. The van der Waals surface area contributed by atoms with E-state index in [0.717, 1.165) is 11.4 Å². The molecule has 126 valence electrons. The van der Waals surface area contributed by atoms with Gasteiger partial charge in [0.1, 0.15) is 0 Å². The van der Waals surface area contributed by atoms with Crippen LogP contribution in [0.5, 0.6) is 0 Å². The molecule has 3 aliphatic heterocycles. The summed E-state index contributed by atoms with van der Waals surface area (Å²) in [7, 11) is 0. The number of fused-ring (bicyclic) bond motifs is 3. The molecule has 4 heterocycles. The fourth-order valence-corrected chi connectivity index (χ4v) is 4.32. The lowest BCUT2D eigenvalue weighted by Crippen LogP contribution is -2.57. The smallest absolute Gasteiger partial charge is 0.261 e. The number of rotatable bonds is 4. The molecule has 2 bridgehead atoms. The topological polar surface area (TPSA) is 58.4 Å². The molecule has 1 atom stereocenters. The van der Waals surface area contributed by atoms with Crippen molar-refractivity contribution in [3.8, 4) is 0 Å². The molecule has 3 fully saturated rings. The Bertz CT molecular complexity index is 726. The highest BCUT2D eigenvalue weighted by Crippen LogP contribution is 2.29. The van der Waals surface area contributed by atoms with Crippen LogP contribution >= 0.6 is 23.4 Å². The zero-order valence-electron chi connectivity index (χ0n) is 13.1. The fraction of sp³-hybridized carbons (Fsp3) is 0.412. The molecule has 3 saturated heterocycles. The number of nitrogens with one attached hydrogen (secondary N) is 1. The molecule has 0 saturated carbocycles. The van der Waals surface area contributed by atoms with Gasteiger partial charge in [0.05, 0.1) is 6.20 Å². The van der Waals surface area contributed by atoms with Crippen LogP contribution in [-0.4, -0.2) is 41.5 Å². The van der Waals surface area contributed by atoms with Crippen LogP contribution in [0.25, 0.3) is 0 Å². The van der Waals surface area contributed by atoms with E-state index >= 15 is 0 Å². The first-order valence-corrected chi connectivity index (χ1v) is 9.29. The molecule has 2 aromatic rings. The largest absolute Gasteiger partial charge is 0.419 e. The first-order chi connectivity index (χ1) is 11.7. The van der Waals surface area contributed by atoms with Gasteiger partial charge in [0.25, 0.3) is 11.1 Å². The highest BCUT2D eigenvalue weighted by molar-refractivity contribution is 7.99. The summed E-state index contributed by atoms with van der Waals surface area (Å²) in [5.74, 6) is 0.632. The van der Waals surface area contributed by atoms with Crippen LogP contribution in [0.4, 0.5) is 0 Å². The van der Waals surface area contributed by atoms with Crippen molar-refractivity contribution in [1.82, 2.24) is 15.2 Å². The first kappa shape index (κ1) is 16.0. The summed E-state index contributed by atoms with van der Waals surface area (Å²) in [6, 6.07) is 7.75. The number of carbonyl (C=O) groups is 1. The quantitative estimate of drug-likeness (QED) is 0.903. The SMILES string of the molecule is O=C(N[C@H]1CN2CCC1CC2)c1ccc(Sc2ncc(Cl)o2)cc1. The predicted octanol–water partition coefficient (Wildman–Crippen LogP) is 3.30. The highest BCUT2D eigenvalue weighted by Gasteiger charge is 2.34. The normalized spacial score (nSPS) is 25.6. The summed E-state index contributed by atoms with van der Waals surface area (Å²) in [4.78, 5) is 19.9. The van der Waals surface area contributed by atoms with Gasteiger partial charge in [0.15, 0.2) is 0 Å². The number of piperidine rings is 3. The summed E-state index contributed by atoms with van der Waals surface area (Å²) < 4.78 is 5.23. The molecule has 1 amide bonds. The Morgan fingerprint density at radius 3 is 2.62 bits per heavy atom. The molecule has 0 unspecified atom stereocenters. The van der Waals surface area contributed by atoms with Gasteiger partial charge in [-0.15, -0.1) is 0 Å². The van der Waals surface area contributed by atoms with E-state index < -0.39 is 0 Å². The van der Waals surface area contributed by atoms with Gasteiger partial charge in [-0.1, -0.05) is 0 Å². The van der Waals surface area contributed by atoms with E-state index in [4.69, 9.17) is 16.0 Å².